The second-order valence-electron chi connectivity index (χ2n) is 6.48. The Kier molecular flexibility index (Phi) is 5.48. The molecule has 0 atom stereocenters. The predicted molar refractivity (Wildman–Crippen MR) is 92.1 cm³/mol. The Balaban J connectivity index is 1.92. The van der Waals surface area contributed by atoms with Gasteiger partial charge in [0.25, 0.3) is 10.0 Å². The van der Waals surface area contributed by atoms with E-state index >= 15 is 0 Å². The third-order valence-corrected chi connectivity index (χ3v) is 8.65. The van der Waals surface area contributed by atoms with Crippen molar-refractivity contribution in [2.45, 2.75) is 80.5 Å². The molecule has 0 aliphatic heterocycles. The maximum atomic E-state index is 13.2. The van der Waals surface area contributed by atoms with Gasteiger partial charge in [-0.25, -0.2) is 8.42 Å². The average Bonchev–Trinajstić information content (AvgIpc) is 2.97. The van der Waals surface area contributed by atoms with Crippen LogP contribution in [0.25, 0.3) is 0 Å². The summed E-state index contributed by atoms with van der Waals surface area (Å²) in [6.45, 7) is 0. The van der Waals surface area contributed by atoms with Crippen molar-refractivity contribution < 1.29 is 8.42 Å². The van der Waals surface area contributed by atoms with Gasteiger partial charge in [-0.1, -0.05) is 50.1 Å². The molecular weight excluding hydrogens is 338 g/mol. The largest absolute Gasteiger partial charge is 0.253 e. The van der Waals surface area contributed by atoms with Gasteiger partial charge in [-0.2, -0.15) is 4.31 Å². The molecule has 3 rings (SSSR count). The van der Waals surface area contributed by atoms with Crippen LogP contribution in [0.2, 0.25) is 4.34 Å². The van der Waals surface area contributed by atoms with E-state index in [1.807, 2.05) is 4.31 Å². The van der Waals surface area contributed by atoms with Crippen molar-refractivity contribution in [1.29, 1.82) is 0 Å². The lowest BCUT2D eigenvalue weighted by Crippen LogP contribution is -2.48. The van der Waals surface area contributed by atoms with Crippen LogP contribution in [-0.2, 0) is 10.0 Å². The van der Waals surface area contributed by atoms with Crippen molar-refractivity contribution >= 4 is 33.0 Å². The molecule has 2 saturated carbocycles. The molecule has 2 fully saturated rings. The normalized spacial score (nSPS) is 22.3. The highest BCUT2D eigenvalue weighted by Crippen LogP contribution is 2.37. The van der Waals surface area contributed by atoms with Crippen LogP contribution < -0.4 is 0 Å². The second-order valence-corrected chi connectivity index (χ2v) is 10.3. The van der Waals surface area contributed by atoms with Gasteiger partial charge >= 0.3 is 0 Å². The first-order chi connectivity index (χ1) is 10.6. The quantitative estimate of drug-likeness (QED) is 0.751. The molecule has 6 heteroatoms. The summed E-state index contributed by atoms with van der Waals surface area (Å²) >= 11 is 7.17. The maximum Gasteiger partial charge on any atom is 0.253 e. The van der Waals surface area contributed by atoms with Gasteiger partial charge in [-0.3, -0.25) is 0 Å². The van der Waals surface area contributed by atoms with Crippen LogP contribution >= 0.6 is 22.9 Å². The fourth-order valence-corrected chi connectivity index (χ4v) is 7.42. The number of sulfonamides is 1. The minimum atomic E-state index is -3.41. The highest BCUT2D eigenvalue weighted by Gasteiger charge is 2.38. The molecule has 0 spiro atoms. The minimum absolute atomic E-state index is 0.183. The first-order valence-corrected chi connectivity index (χ1v) is 11.0. The van der Waals surface area contributed by atoms with Gasteiger partial charge in [0.2, 0.25) is 0 Å². The van der Waals surface area contributed by atoms with Crippen LogP contribution in [-0.4, -0.2) is 24.8 Å². The molecular formula is C16H24ClNO2S2. The molecule has 0 radical (unpaired) electrons. The molecule has 0 unspecified atom stereocenters. The van der Waals surface area contributed by atoms with Crippen LogP contribution in [0.15, 0.2) is 16.3 Å². The lowest BCUT2D eigenvalue weighted by atomic mass is 9.91. The number of hydrogen-bond acceptors (Lipinski definition) is 3. The van der Waals surface area contributed by atoms with Gasteiger partial charge < -0.3 is 0 Å². The van der Waals surface area contributed by atoms with E-state index in [4.69, 9.17) is 11.6 Å². The molecule has 0 bridgehead atoms. The Labute approximate surface area is 142 Å². The number of thiophene rings is 1. The van der Waals surface area contributed by atoms with Crippen LogP contribution in [0.4, 0.5) is 0 Å². The summed E-state index contributed by atoms with van der Waals surface area (Å²) in [4.78, 5) is 0. The molecule has 1 aromatic heterocycles. The van der Waals surface area contributed by atoms with Gasteiger partial charge in [0.15, 0.2) is 0 Å². The smallest absolute Gasteiger partial charge is 0.206 e. The van der Waals surface area contributed by atoms with E-state index in [0.29, 0.717) is 8.55 Å². The third-order valence-electron chi connectivity index (χ3n) is 4.95. The first-order valence-electron chi connectivity index (χ1n) is 8.38. The standard InChI is InChI=1S/C16H24ClNO2S2/c17-15-11-12-16(21-15)22(19,20)18(13-7-3-1-4-8-13)14-9-5-2-6-10-14/h11-14H,1-10H2. The molecule has 0 aromatic carbocycles. The molecule has 2 aliphatic carbocycles. The van der Waals surface area contributed by atoms with E-state index in [1.165, 1.54) is 24.2 Å². The summed E-state index contributed by atoms with van der Waals surface area (Å²) in [7, 11) is -3.41. The molecule has 1 heterocycles. The Hall–Kier alpha value is -0.100. The molecule has 124 valence electrons. The van der Waals surface area contributed by atoms with Crippen molar-refractivity contribution in [3.63, 3.8) is 0 Å². The summed E-state index contributed by atoms with van der Waals surface area (Å²) in [6.07, 6.45) is 11.1. The maximum absolute atomic E-state index is 13.2. The van der Waals surface area contributed by atoms with Gasteiger partial charge in [0.1, 0.15) is 4.21 Å². The molecule has 2 aliphatic rings. The van der Waals surface area contributed by atoms with Gasteiger partial charge in [-0.05, 0) is 37.8 Å². The Morgan fingerprint density at radius 3 is 1.82 bits per heavy atom. The van der Waals surface area contributed by atoms with E-state index in [0.717, 1.165) is 51.4 Å². The topological polar surface area (TPSA) is 37.4 Å². The van der Waals surface area contributed by atoms with Crippen LogP contribution in [0.5, 0.6) is 0 Å². The summed E-state index contributed by atoms with van der Waals surface area (Å²) < 4.78 is 29.3. The molecule has 0 saturated heterocycles. The van der Waals surface area contributed by atoms with Crippen LogP contribution in [0.3, 0.4) is 0 Å². The van der Waals surface area contributed by atoms with Crippen LogP contribution in [0.1, 0.15) is 64.2 Å². The number of nitrogens with zero attached hydrogens (tertiary/aromatic N) is 1. The molecule has 22 heavy (non-hydrogen) atoms. The monoisotopic (exact) mass is 361 g/mol. The minimum Gasteiger partial charge on any atom is -0.206 e. The van der Waals surface area contributed by atoms with Gasteiger partial charge in [0.05, 0.1) is 4.34 Å². The van der Waals surface area contributed by atoms with E-state index < -0.39 is 10.0 Å². The Morgan fingerprint density at radius 1 is 0.909 bits per heavy atom. The lowest BCUT2D eigenvalue weighted by Gasteiger charge is -2.40. The SMILES string of the molecule is O=S(=O)(c1ccc(Cl)s1)N(C1CCCCC1)C1CCCCC1. The van der Waals surface area contributed by atoms with E-state index in [9.17, 15) is 8.42 Å². The molecule has 0 N–H and O–H groups in total. The van der Waals surface area contributed by atoms with Crippen molar-refractivity contribution in [3.05, 3.63) is 16.5 Å². The van der Waals surface area contributed by atoms with Crippen molar-refractivity contribution in [3.8, 4) is 0 Å². The zero-order valence-electron chi connectivity index (χ0n) is 12.8. The van der Waals surface area contributed by atoms with Crippen molar-refractivity contribution in [2.75, 3.05) is 0 Å². The summed E-state index contributed by atoms with van der Waals surface area (Å²) in [5, 5.41) is 0. The average molecular weight is 362 g/mol. The van der Waals surface area contributed by atoms with Gasteiger partial charge in [0, 0.05) is 12.1 Å². The predicted octanol–water partition coefficient (Wildman–Crippen LogP) is 5.06. The van der Waals surface area contributed by atoms with Crippen molar-refractivity contribution in [1.82, 2.24) is 4.31 Å². The number of hydrogen-bond donors (Lipinski definition) is 0. The summed E-state index contributed by atoms with van der Waals surface area (Å²) in [5.74, 6) is 0. The summed E-state index contributed by atoms with van der Waals surface area (Å²) in [5.41, 5.74) is 0. The molecule has 3 nitrogen and oxygen atoms in total. The highest BCUT2D eigenvalue weighted by atomic mass is 35.5. The first kappa shape index (κ1) is 16.7. The molecule has 1 aromatic rings. The van der Waals surface area contributed by atoms with E-state index in [1.54, 1.807) is 12.1 Å². The number of halogens is 1. The van der Waals surface area contributed by atoms with E-state index in [-0.39, 0.29) is 12.1 Å². The summed E-state index contributed by atoms with van der Waals surface area (Å²) in [6, 6.07) is 3.73. The Morgan fingerprint density at radius 2 is 1.41 bits per heavy atom. The van der Waals surface area contributed by atoms with Crippen LogP contribution in [0, 0.1) is 0 Å². The molecule has 0 amide bonds. The van der Waals surface area contributed by atoms with Crippen molar-refractivity contribution in [2.24, 2.45) is 0 Å². The fourth-order valence-electron chi connectivity index (χ4n) is 3.90. The second kappa shape index (κ2) is 7.20. The zero-order chi connectivity index (χ0) is 15.6. The third kappa shape index (κ3) is 3.53. The number of rotatable bonds is 4. The fraction of sp³-hybridized carbons (Fsp3) is 0.750. The lowest BCUT2D eigenvalue weighted by molar-refractivity contribution is 0.170. The van der Waals surface area contributed by atoms with Gasteiger partial charge in [-0.15, -0.1) is 11.3 Å². The highest BCUT2D eigenvalue weighted by molar-refractivity contribution is 7.91. The zero-order valence-corrected chi connectivity index (χ0v) is 15.2. The Bertz CT molecular complexity index is 569. The van der Waals surface area contributed by atoms with E-state index in [2.05, 4.69) is 0 Å².